The molecule has 0 saturated carbocycles. The molecule has 0 radical (unpaired) electrons. The minimum atomic E-state index is -0.849. The summed E-state index contributed by atoms with van der Waals surface area (Å²) in [6, 6.07) is 0.334. The van der Waals surface area contributed by atoms with E-state index in [4.69, 9.17) is 0 Å². The van der Waals surface area contributed by atoms with E-state index in [2.05, 4.69) is 19.2 Å². The molecule has 3 unspecified atom stereocenters. The number of amides is 1. The van der Waals surface area contributed by atoms with Crippen molar-refractivity contribution >= 4 is 16.7 Å². The third-order valence-corrected chi connectivity index (χ3v) is 3.97. The molecule has 1 rings (SSSR count). The molecular weight excluding hydrogens is 236 g/mol. The Kier molecular flexibility index (Phi) is 5.59. The molecule has 0 bridgehead atoms. The van der Waals surface area contributed by atoms with Gasteiger partial charge in [-0.15, -0.1) is 0 Å². The summed E-state index contributed by atoms with van der Waals surface area (Å²) in [5.74, 6) is 0.739. The van der Waals surface area contributed by atoms with E-state index >= 15 is 0 Å². The second kappa shape index (κ2) is 6.50. The van der Waals surface area contributed by atoms with Crippen molar-refractivity contribution in [2.24, 2.45) is 0 Å². The first-order chi connectivity index (χ1) is 7.91. The first-order valence-corrected chi connectivity index (χ1v) is 8.01. The van der Waals surface area contributed by atoms with E-state index in [1.165, 1.54) is 0 Å². The Bertz CT molecular complexity index is 294. The lowest BCUT2D eigenvalue weighted by molar-refractivity contribution is -0.137. The predicted octanol–water partition coefficient (Wildman–Crippen LogP) is 0.742. The normalized spacial score (nSPS) is 25.1. The van der Waals surface area contributed by atoms with Crippen molar-refractivity contribution in [3.63, 3.8) is 0 Å². The maximum Gasteiger partial charge on any atom is 0.239 e. The second-order valence-electron chi connectivity index (χ2n) is 5.14. The van der Waals surface area contributed by atoms with Crippen LogP contribution in [0.5, 0.6) is 0 Å². The van der Waals surface area contributed by atoms with Crippen LogP contribution in [0.15, 0.2) is 0 Å². The SMILES string of the molecule is CC(C)NC1CCCN(C(C)CS(C)=O)C1=O. The standard InChI is InChI=1S/C12H24N2O2S/c1-9(2)13-11-6-5-7-14(12(11)15)10(3)8-17(4)16/h9-11,13H,5-8H2,1-4H3. The fourth-order valence-corrected chi connectivity index (χ4v) is 3.18. The molecule has 1 saturated heterocycles. The van der Waals surface area contributed by atoms with Gasteiger partial charge in [0.1, 0.15) is 0 Å². The van der Waals surface area contributed by atoms with Crippen LogP contribution < -0.4 is 5.32 Å². The molecule has 0 aromatic rings. The largest absolute Gasteiger partial charge is 0.338 e. The van der Waals surface area contributed by atoms with Crippen LogP contribution in [0.3, 0.4) is 0 Å². The Morgan fingerprint density at radius 1 is 1.47 bits per heavy atom. The lowest BCUT2D eigenvalue weighted by Gasteiger charge is -2.37. The highest BCUT2D eigenvalue weighted by molar-refractivity contribution is 7.84. The van der Waals surface area contributed by atoms with Crippen molar-refractivity contribution < 1.29 is 9.00 Å². The predicted molar refractivity (Wildman–Crippen MR) is 71.4 cm³/mol. The van der Waals surface area contributed by atoms with Crippen molar-refractivity contribution in [2.45, 2.75) is 51.7 Å². The molecule has 5 heteroatoms. The van der Waals surface area contributed by atoms with Gasteiger partial charge in [0.25, 0.3) is 0 Å². The number of hydrogen-bond donors (Lipinski definition) is 1. The quantitative estimate of drug-likeness (QED) is 0.793. The van der Waals surface area contributed by atoms with Crippen LogP contribution in [-0.2, 0) is 15.6 Å². The molecule has 1 fully saturated rings. The summed E-state index contributed by atoms with van der Waals surface area (Å²) in [4.78, 5) is 14.1. The molecule has 1 heterocycles. The van der Waals surface area contributed by atoms with Crippen LogP contribution in [0.4, 0.5) is 0 Å². The van der Waals surface area contributed by atoms with Crippen molar-refractivity contribution in [3.05, 3.63) is 0 Å². The van der Waals surface area contributed by atoms with E-state index in [9.17, 15) is 9.00 Å². The maximum atomic E-state index is 12.2. The molecule has 0 aromatic carbocycles. The molecule has 100 valence electrons. The van der Waals surface area contributed by atoms with Gasteiger partial charge < -0.3 is 10.2 Å². The number of rotatable bonds is 5. The van der Waals surface area contributed by atoms with Gasteiger partial charge in [-0.2, -0.15) is 0 Å². The van der Waals surface area contributed by atoms with Gasteiger partial charge in [-0.25, -0.2) is 0 Å². The maximum absolute atomic E-state index is 12.2. The van der Waals surface area contributed by atoms with E-state index in [1.54, 1.807) is 6.26 Å². The summed E-state index contributed by atoms with van der Waals surface area (Å²) in [5.41, 5.74) is 0. The number of carbonyl (C=O) groups excluding carboxylic acids is 1. The lowest BCUT2D eigenvalue weighted by Crippen LogP contribution is -2.55. The Morgan fingerprint density at radius 2 is 2.12 bits per heavy atom. The van der Waals surface area contributed by atoms with Gasteiger partial charge in [-0.3, -0.25) is 9.00 Å². The number of likely N-dealkylation sites (tertiary alicyclic amines) is 1. The summed E-state index contributed by atoms with van der Waals surface area (Å²) >= 11 is 0. The van der Waals surface area contributed by atoms with Crippen molar-refractivity contribution in [1.82, 2.24) is 10.2 Å². The molecule has 4 nitrogen and oxygen atoms in total. The fraction of sp³-hybridized carbons (Fsp3) is 0.917. The van der Waals surface area contributed by atoms with Crippen LogP contribution in [0, 0.1) is 0 Å². The lowest BCUT2D eigenvalue weighted by atomic mass is 10.0. The van der Waals surface area contributed by atoms with Crippen LogP contribution in [0.2, 0.25) is 0 Å². The number of piperidine rings is 1. The zero-order chi connectivity index (χ0) is 13.0. The van der Waals surface area contributed by atoms with Crippen molar-refractivity contribution in [1.29, 1.82) is 0 Å². The van der Waals surface area contributed by atoms with Gasteiger partial charge in [0.05, 0.1) is 6.04 Å². The van der Waals surface area contributed by atoms with E-state index in [0.29, 0.717) is 11.8 Å². The highest BCUT2D eigenvalue weighted by atomic mass is 32.2. The minimum Gasteiger partial charge on any atom is -0.338 e. The van der Waals surface area contributed by atoms with E-state index < -0.39 is 10.8 Å². The van der Waals surface area contributed by atoms with E-state index in [0.717, 1.165) is 19.4 Å². The zero-order valence-electron chi connectivity index (χ0n) is 11.2. The molecule has 3 atom stereocenters. The highest BCUT2D eigenvalue weighted by Crippen LogP contribution is 2.15. The smallest absolute Gasteiger partial charge is 0.239 e. The van der Waals surface area contributed by atoms with Crippen LogP contribution in [-0.4, -0.2) is 51.7 Å². The van der Waals surface area contributed by atoms with Gasteiger partial charge >= 0.3 is 0 Å². The highest BCUT2D eigenvalue weighted by Gasteiger charge is 2.31. The van der Waals surface area contributed by atoms with Crippen molar-refractivity contribution in [2.75, 3.05) is 18.6 Å². The topological polar surface area (TPSA) is 49.4 Å². The fourth-order valence-electron chi connectivity index (χ4n) is 2.32. The van der Waals surface area contributed by atoms with E-state index in [-0.39, 0.29) is 18.0 Å². The third kappa shape index (κ3) is 4.39. The Labute approximate surface area is 107 Å². The van der Waals surface area contributed by atoms with Crippen molar-refractivity contribution in [3.8, 4) is 0 Å². The molecule has 1 amide bonds. The van der Waals surface area contributed by atoms with Gasteiger partial charge in [0.15, 0.2) is 0 Å². The Balaban J connectivity index is 2.61. The van der Waals surface area contributed by atoms with Crippen LogP contribution in [0.25, 0.3) is 0 Å². The molecular formula is C12H24N2O2S. The zero-order valence-corrected chi connectivity index (χ0v) is 12.0. The summed E-state index contributed by atoms with van der Waals surface area (Å²) in [6.45, 7) is 6.89. The molecule has 1 aliphatic rings. The molecule has 1 aliphatic heterocycles. The second-order valence-corrected chi connectivity index (χ2v) is 6.62. The van der Waals surface area contributed by atoms with Gasteiger partial charge in [0.2, 0.25) is 5.91 Å². The Hall–Kier alpha value is -0.420. The summed E-state index contributed by atoms with van der Waals surface area (Å²) < 4.78 is 11.2. The number of carbonyl (C=O) groups is 1. The van der Waals surface area contributed by atoms with Crippen LogP contribution >= 0.6 is 0 Å². The summed E-state index contributed by atoms with van der Waals surface area (Å²) in [5, 5.41) is 3.30. The molecule has 0 spiro atoms. The summed E-state index contributed by atoms with van der Waals surface area (Å²) in [6.07, 6.45) is 3.63. The molecule has 0 aliphatic carbocycles. The van der Waals surface area contributed by atoms with Crippen LogP contribution in [0.1, 0.15) is 33.6 Å². The monoisotopic (exact) mass is 260 g/mol. The number of hydrogen-bond acceptors (Lipinski definition) is 3. The first-order valence-electron chi connectivity index (χ1n) is 6.28. The third-order valence-electron chi connectivity index (χ3n) is 3.02. The average Bonchev–Trinajstić information content (AvgIpc) is 2.19. The first kappa shape index (κ1) is 14.6. The van der Waals surface area contributed by atoms with Gasteiger partial charge in [-0.05, 0) is 19.8 Å². The average molecular weight is 260 g/mol. The molecule has 0 aromatic heterocycles. The molecule has 17 heavy (non-hydrogen) atoms. The van der Waals surface area contributed by atoms with Gasteiger partial charge in [0, 0.05) is 41.4 Å². The number of nitrogens with zero attached hydrogens (tertiary/aromatic N) is 1. The van der Waals surface area contributed by atoms with E-state index in [1.807, 2.05) is 11.8 Å². The van der Waals surface area contributed by atoms with Gasteiger partial charge in [-0.1, -0.05) is 13.8 Å². The molecule has 1 N–H and O–H groups in total. The summed E-state index contributed by atoms with van der Waals surface area (Å²) in [7, 11) is -0.849. The number of nitrogens with one attached hydrogen (secondary N) is 1. The Morgan fingerprint density at radius 3 is 2.65 bits per heavy atom. The minimum absolute atomic E-state index is 0.0588.